The van der Waals surface area contributed by atoms with Crippen molar-refractivity contribution in [1.29, 1.82) is 0 Å². The highest BCUT2D eigenvalue weighted by Crippen LogP contribution is 2.35. The molecular weight excluding hydrogens is 386 g/mol. The van der Waals surface area contributed by atoms with Crippen molar-refractivity contribution in [2.75, 3.05) is 24.3 Å². The Balaban J connectivity index is 1.76. The lowest BCUT2D eigenvalue weighted by Gasteiger charge is -2.30. The maximum absolute atomic E-state index is 13.3. The maximum Gasteiger partial charge on any atom is 0.274 e. The Morgan fingerprint density at radius 2 is 1.55 bits per heavy atom. The Bertz CT molecular complexity index is 1130. The monoisotopic (exact) mass is 411 g/mol. The topological polar surface area (TPSA) is 61.4 Å². The lowest BCUT2D eigenvalue weighted by atomic mass is 9.94. The van der Waals surface area contributed by atoms with Crippen LogP contribution in [0.15, 0.2) is 84.6 Å². The number of anilines is 2. The van der Waals surface area contributed by atoms with Crippen LogP contribution in [0.25, 0.3) is 5.57 Å². The van der Waals surface area contributed by atoms with Gasteiger partial charge in [-0.25, -0.2) is 0 Å². The molecule has 0 atom stereocenters. The van der Waals surface area contributed by atoms with E-state index in [1.165, 1.54) is 5.56 Å². The van der Waals surface area contributed by atoms with Crippen molar-refractivity contribution >= 4 is 28.8 Å². The number of carbonyl (C=O) groups is 2. The van der Waals surface area contributed by atoms with Gasteiger partial charge in [0.05, 0.1) is 11.4 Å². The van der Waals surface area contributed by atoms with Crippen molar-refractivity contribution in [3.05, 3.63) is 101 Å². The average molecular weight is 412 g/mol. The zero-order valence-electron chi connectivity index (χ0n) is 17.7. The molecule has 0 bridgehead atoms. The van der Waals surface area contributed by atoms with E-state index in [4.69, 9.17) is 0 Å². The molecule has 4 rings (SSSR count). The standard InChI is InChI=1S/C26H25N3O2/c1-27-25(30)20-15-13-19(14-16-20)21(17-12-18-8-4-3-5-9-18)24-26(31)29(2)23-11-7-6-10-22(23)28-24/h3-11,13-16,28H,12,17H2,1-2H3,(H,27,30)/b24-21-. The number of nitrogens with one attached hydrogen (secondary N) is 2. The molecule has 0 radical (unpaired) electrons. The molecule has 0 aliphatic carbocycles. The van der Waals surface area contributed by atoms with Crippen molar-refractivity contribution in [3.63, 3.8) is 0 Å². The van der Waals surface area contributed by atoms with Crippen LogP contribution in [0, 0.1) is 0 Å². The highest BCUT2D eigenvalue weighted by atomic mass is 16.2. The molecule has 1 aliphatic rings. The van der Waals surface area contributed by atoms with Crippen LogP contribution in [0.4, 0.5) is 11.4 Å². The first-order valence-corrected chi connectivity index (χ1v) is 10.3. The van der Waals surface area contributed by atoms with Gasteiger partial charge >= 0.3 is 0 Å². The zero-order chi connectivity index (χ0) is 21.8. The third-order valence-electron chi connectivity index (χ3n) is 5.57. The minimum absolute atomic E-state index is 0.0721. The summed E-state index contributed by atoms with van der Waals surface area (Å²) in [7, 11) is 3.41. The molecule has 0 unspecified atom stereocenters. The van der Waals surface area contributed by atoms with Crippen LogP contribution < -0.4 is 15.5 Å². The number of carbonyl (C=O) groups excluding carboxylic acids is 2. The molecule has 31 heavy (non-hydrogen) atoms. The third-order valence-corrected chi connectivity index (χ3v) is 5.57. The second-order valence-corrected chi connectivity index (χ2v) is 7.50. The van der Waals surface area contributed by atoms with Crippen LogP contribution in [0.1, 0.15) is 27.9 Å². The van der Waals surface area contributed by atoms with Crippen LogP contribution in [0.5, 0.6) is 0 Å². The van der Waals surface area contributed by atoms with E-state index in [1.54, 1.807) is 31.1 Å². The molecule has 2 N–H and O–H groups in total. The zero-order valence-corrected chi connectivity index (χ0v) is 17.7. The van der Waals surface area contributed by atoms with Crippen LogP contribution in [0.3, 0.4) is 0 Å². The second kappa shape index (κ2) is 8.88. The molecule has 1 aliphatic heterocycles. The van der Waals surface area contributed by atoms with Gasteiger partial charge in [0.25, 0.3) is 11.8 Å². The number of amides is 2. The summed E-state index contributed by atoms with van der Waals surface area (Å²) in [6, 6.07) is 25.4. The van der Waals surface area contributed by atoms with Crippen molar-refractivity contribution in [2.24, 2.45) is 0 Å². The largest absolute Gasteiger partial charge is 0.355 e. The highest BCUT2D eigenvalue weighted by Gasteiger charge is 2.28. The summed E-state index contributed by atoms with van der Waals surface area (Å²) in [6.45, 7) is 0. The number of benzene rings is 3. The first-order valence-electron chi connectivity index (χ1n) is 10.3. The van der Waals surface area contributed by atoms with Gasteiger partial charge < -0.3 is 15.5 Å². The van der Waals surface area contributed by atoms with Gasteiger partial charge in [-0.15, -0.1) is 0 Å². The van der Waals surface area contributed by atoms with E-state index in [0.717, 1.165) is 28.9 Å². The number of rotatable bonds is 5. The van der Waals surface area contributed by atoms with E-state index in [0.29, 0.717) is 17.7 Å². The minimum atomic E-state index is -0.134. The minimum Gasteiger partial charge on any atom is -0.355 e. The predicted molar refractivity (Wildman–Crippen MR) is 125 cm³/mol. The van der Waals surface area contributed by atoms with Gasteiger partial charge in [-0.3, -0.25) is 9.59 Å². The van der Waals surface area contributed by atoms with Crippen molar-refractivity contribution in [2.45, 2.75) is 12.8 Å². The number of hydrogen-bond acceptors (Lipinski definition) is 3. The summed E-state index contributed by atoms with van der Waals surface area (Å²) in [6.07, 6.45) is 1.49. The fraction of sp³-hybridized carbons (Fsp3) is 0.154. The lowest BCUT2D eigenvalue weighted by molar-refractivity contribution is -0.114. The van der Waals surface area contributed by atoms with Crippen molar-refractivity contribution in [1.82, 2.24) is 5.32 Å². The fourth-order valence-electron chi connectivity index (χ4n) is 3.84. The van der Waals surface area contributed by atoms with Gasteiger partial charge in [-0.2, -0.15) is 0 Å². The molecule has 0 fully saturated rings. The van der Waals surface area contributed by atoms with Crippen LogP contribution in [-0.4, -0.2) is 25.9 Å². The molecule has 0 spiro atoms. The lowest BCUT2D eigenvalue weighted by Crippen LogP contribution is -2.36. The van der Waals surface area contributed by atoms with E-state index in [-0.39, 0.29) is 11.8 Å². The van der Waals surface area contributed by atoms with Gasteiger partial charge in [-0.05, 0) is 53.8 Å². The molecule has 2 amide bonds. The predicted octanol–water partition coefficient (Wildman–Crippen LogP) is 4.48. The van der Waals surface area contributed by atoms with Crippen molar-refractivity contribution < 1.29 is 9.59 Å². The Labute approximate surface area is 182 Å². The molecule has 0 saturated heterocycles. The molecule has 0 aromatic heterocycles. The van der Waals surface area contributed by atoms with E-state index in [1.807, 2.05) is 54.6 Å². The molecule has 0 saturated carbocycles. The Morgan fingerprint density at radius 1 is 0.903 bits per heavy atom. The molecule has 1 heterocycles. The Kier molecular flexibility index (Phi) is 5.85. The number of allylic oxidation sites excluding steroid dienone is 1. The van der Waals surface area contributed by atoms with E-state index in [2.05, 4.69) is 22.8 Å². The molecule has 3 aromatic rings. The summed E-state index contributed by atoms with van der Waals surface area (Å²) in [5, 5.41) is 6.01. The van der Waals surface area contributed by atoms with E-state index < -0.39 is 0 Å². The Morgan fingerprint density at radius 3 is 2.26 bits per heavy atom. The fourth-order valence-corrected chi connectivity index (χ4v) is 3.84. The molecular formula is C26H25N3O2. The average Bonchev–Trinajstić information content (AvgIpc) is 2.82. The van der Waals surface area contributed by atoms with Gasteiger partial charge in [-0.1, -0.05) is 54.6 Å². The SMILES string of the molecule is CNC(=O)c1ccc(/C(CCc2ccccc2)=C2\Nc3ccccc3N(C)C2=O)cc1. The third kappa shape index (κ3) is 4.21. The van der Waals surface area contributed by atoms with Crippen LogP contribution >= 0.6 is 0 Å². The molecule has 3 aromatic carbocycles. The molecule has 156 valence electrons. The summed E-state index contributed by atoms with van der Waals surface area (Å²) in [4.78, 5) is 26.9. The maximum atomic E-state index is 13.3. The Hall–Kier alpha value is -3.86. The number of hydrogen-bond donors (Lipinski definition) is 2. The summed E-state index contributed by atoms with van der Waals surface area (Å²) < 4.78 is 0. The first-order chi connectivity index (χ1) is 15.1. The van der Waals surface area contributed by atoms with Crippen molar-refractivity contribution in [3.8, 4) is 0 Å². The highest BCUT2D eigenvalue weighted by molar-refractivity contribution is 6.16. The quantitative estimate of drug-likeness (QED) is 0.609. The molecule has 5 heteroatoms. The number of para-hydroxylation sites is 2. The normalized spacial score (nSPS) is 14.5. The number of nitrogens with zero attached hydrogens (tertiary/aromatic N) is 1. The summed E-state index contributed by atoms with van der Waals surface area (Å²) >= 11 is 0. The number of likely N-dealkylation sites (N-methyl/N-ethyl adjacent to an activating group) is 1. The smallest absolute Gasteiger partial charge is 0.274 e. The number of fused-ring (bicyclic) bond motifs is 1. The second-order valence-electron chi connectivity index (χ2n) is 7.50. The van der Waals surface area contributed by atoms with Gasteiger partial charge in [0, 0.05) is 19.7 Å². The summed E-state index contributed by atoms with van der Waals surface area (Å²) in [5.74, 6) is -0.206. The van der Waals surface area contributed by atoms with Gasteiger partial charge in [0.1, 0.15) is 5.70 Å². The van der Waals surface area contributed by atoms with Gasteiger partial charge in [0.15, 0.2) is 0 Å². The summed E-state index contributed by atoms with van der Waals surface area (Å²) in [5.41, 5.74) is 5.98. The van der Waals surface area contributed by atoms with Crippen LogP contribution in [0.2, 0.25) is 0 Å². The van der Waals surface area contributed by atoms with E-state index in [9.17, 15) is 9.59 Å². The molecule has 5 nitrogen and oxygen atoms in total. The van der Waals surface area contributed by atoms with Gasteiger partial charge in [0.2, 0.25) is 0 Å². The first kappa shape index (κ1) is 20.4. The number of aryl methyl sites for hydroxylation is 1. The van der Waals surface area contributed by atoms with Crippen LogP contribution in [-0.2, 0) is 11.2 Å². The van der Waals surface area contributed by atoms with E-state index >= 15 is 0 Å².